The Morgan fingerprint density at radius 1 is 1.18 bits per heavy atom. The minimum absolute atomic E-state index is 0.145. The third-order valence-electron chi connectivity index (χ3n) is 4.36. The van der Waals surface area contributed by atoms with Crippen LogP contribution in [0, 0.1) is 6.92 Å². The summed E-state index contributed by atoms with van der Waals surface area (Å²) < 4.78 is 12.6. The van der Waals surface area contributed by atoms with Crippen molar-refractivity contribution in [2.45, 2.75) is 11.9 Å². The molecule has 0 unspecified atom stereocenters. The number of hydrogen-bond donors (Lipinski definition) is 1. The highest BCUT2D eigenvalue weighted by Crippen LogP contribution is 2.34. The summed E-state index contributed by atoms with van der Waals surface area (Å²) in [6, 6.07) is 13.1. The fraction of sp³-hybridized carbons (Fsp3) is 0.158. The van der Waals surface area contributed by atoms with Gasteiger partial charge < -0.3 is 14.8 Å². The molecule has 0 bridgehead atoms. The normalized spacial score (nSPS) is 12.6. The maximum absolute atomic E-state index is 12.4. The largest absolute Gasteiger partial charge is 0.454 e. The Morgan fingerprint density at radius 3 is 2.96 bits per heavy atom. The number of benzene rings is 2. The zero-order valence-electron chi connectivity index (χ0n) is 14.9. The van der Waals surface area contributed by atoms with E-state index in [4.69, 9.17) is 9.47 Å². The summed E-state index contributed by atoms with van der Waals surface area (Å²) in [5.41, 5.74) is 3.08. The molecule has 1 N–H and O–H groups in total. The van der Waals surface area contributed by atoms with E-state index in [1.807, 2.05) is 35.6 Å². The van der Waals surface area contributed by atoms with Crippen LogP contribution in [0.25, 0.3) is 16.7 Å². The molecule has 0 saturated carbocycles. The average molecular weight is 393 g/mol. The van der Waals surface area contributed by atoms with E-state index in [9.17, 15) is 4.79 Å². The molecule has 0 atom stereocenters. The van der Waals surface area contributed by atoms with E-state index in [0.717, 1.165) is 16.9 Å². The lowest BCUT2D eigenvalue weighted by atomic mass is 10.3. The van der Waals surface area contributed by atoms with E-state index in [-0.39, 0.29) is 18.5 Å². The number of nitrogens with zero attached hydrogens (tertiary/aromatic N) is 4. The number of ether oxygens (including phenoxy) is 2. The van der Waals surface area contributed by atoms with E-state index in [1.165, 1.54) is 11.8 Å². The second kappa shape index (κ2) is 6.68. The van der Waals surface area contributed by atoms with Gasteiger partial charge in [-0.15, -0.1) is 10.2 Å². The van der Waals surface area contributed by atoms with Crippen molar-refractivity contribution in [3.8, 4) is 11.5 Å². The van der Waals surface area contributed by atoms with Gasteiger partial charge in [-0.05, 0) is 31.2 Å². The fourth-order valence-electron chi connectivity index (χ4n) is 3.10. The smallest absolute Gasteiger partial charge is 0.234 e. The molecule has 1 aliphatic heterocycles. The predicted molar refractivity (Wildman–Crippen MR) is 105 cm³/mol. The number of aryl methyl sites for hydroxylation is 1. The van der Waals surface area contributed by atoms with Crippen LogP contribution in [-0.2, 0) is 4.79 Å². The Balaban J connectivity index is 1.37. The van der Waals surface area contributed by atoms with Crippen LogP contribution >= 0.6 is 11.8 Å². The quantitative estimate of drug-likeness (QED) is 0.533. The Morgan fingerprint density at radius 2 is 2.04 bits per heavy atom. The molecule has 1 aliphatic rings. The van der Waals surface area contributed by atoms with Crippen molar-refractivity contribution in [2.24, 2.45) is 0 Å². The highest BCUT2D eigenvalue weighted by Gasteiger charge is 2.16. The zero-order chi connectivity index (χ0) is 19.1. The zero-order valence-corrected chi connectivity index (χ0v) is 15.7. The summed E-state index contributed by atoms with van der Waals surface area (Å²) in [5.74, 6) is 2.13. The van der Waals surface area contributed by atoms with Crippen molar-refractivity contribution in [2.75, 3.05) is 17.9 Å². The van der Waals surface area contributed by atoms with E-state index in [2.05, 4.69) is 20.5 Å². The molecule has 0 spiro atoms. The standard InChI is InChI=1S/C19H15N5O3S/c1-11-22-23-18-19(21-13-4-2-3-5-14(13)24(11)18)28-9-17(25)20-12-6-7-15-16(8-12)27-10-26-15/h2-8H,9-10H2,1H3,(H,20,25). The predicted octanol–water partition coefficient (Wildman–Crippen LogP) is 3.05. The number of fused-ring (bicyclic) bond motifs is 4. The lowest BCUT2D eigenvalue weighted by Crippen LogP contribution is -2.14. The van der Waals surface area contributed by atoms with Crippen LogP contribution in [0.5, 0.6) is 11.5 Å². The van der Waals surface area contributed by atoms with E-state index in [1.54, 1.807) is 18.2 Å². The Bertz CT molecular complexity index is 1220. The summed E-state index contributed by atoms with van der Waals surface area (Å²) >= 11 is 1.33. The molecule has 1 amide bonds. The van der Waals surface area contributed by atoms with Gasteiger partial charge in [0.05, 0.1) is 16.8 Å². The Kier molecular flexibility index (Phi) is 4.01. The van der Waals surface area contributed by atoms with Crippen LogP contribution < -0.4 is 14.8 Å². The molecule has 2 aromatic heterocycles. The molecule has 3 heterocycles. The summed E-state index contributed by atoms with van der Waals surface area (Å²) in [4.78, 5) is 17.1. The van der Waals surface area contributed by atoms with Gasteiger partial charge >= 0.3 is 0 Å². The van der Waals surface area contributed by atoms with Crippen LogP contribution in [0.15, 0.2) is 47.5 Å². The number of nitrogens with one attached hydrogen (secondary N) is 1. The topological polar surface area (TPSA) is 90.6 Å². The van der Waals surface area contributed by atoms with Gasteiger partial charge in [-0.1, -0.05) is 23.9 Å². The van der Waals surface area contributed by atoms with Crippen molar-refractivity contribution in [3.05, 3.63) is 48.3 Å². The first-order valence-electron chi connectivity index (χ1n) is 8.62. The molecular weight excluding hydrogens is 378 g/mol. The molecule has 0 aliphatic carbocycles. The van der Waals surface area contributed by atoms with Crippen LogP contribution in [0.1, 0.15) is 5.82 Å². The highest BCUT2D eigenvalue weighted by molar-refractivity contribution is 8.00. The molecule has 0 fully saturated rings. The molecular formula is C19H15N5O3S. The SMILES string of the molecule is Cc1nnc2c(SCC(=O)Nc3ccc4c(c3)OCO4)nc3ccccc3n12. The molecule has 4 aromatic rings. The maximum Gasteiger partial charge on any atom is 0.234 e. The minimum Gasteiger partial charge on any atom is -0.454 e. The van der Waals surface area contributed by atoms with Gasteiger partial charge in [-0.2, -0.15) is 0 Å². The van der Waals surface area contributed by atoms with Crippen molar-refractivity contribution >= 4 is 40.0 Å². The van der Waals surface area contributed by atoms with Crippen LogP contribution in [-0.4, -0.2) is 38.0 Å². The van der Waals surface area contributed by atoms with Crippen molar-refractivity contribution in [3.63, 3.8) is 0 Å². The number of carbonyl (C=O) groups excluding carboxylic acids is 1. The number of rotatable bonds is 4. The van der Waals surface area contributed by atoms with Crippen molar-refractivity contribution in [1.29, 1.82) is 0 Å². The van der Waals surface area contributed by atoms with E-state index < -0.39 is 0 Å². The lowest BCUT2D eigenvalue weighted by Gasteiger charge is -2.08. The van der Waals surface area contributed by atoms with Gasteiger partial charge in [0.1, 0.15) is 10.9 Å². The maximum atomic E-state index is 12.4. The van der Waals surface area contributed by atoms with Crippen LogP contribution in [0.3, 0.4) is 0 Å². The third kappa shape index (κ3) is 2.89. The summed E-state index contributed by atoms with van der Waals surface area (Å²) in [7, 11) is 0. The lowest BCUT2D eigenvalue weighted by molar-refractivity contribution is -0.113. The minimum atomic E-state index is -0.145. The molecule has 28 heavy (non-hydrogen) atoms. The monoisotopic (exact) mass is 393 g/mol. The van der Waals surface area contributed by atoms with Gasteiger partial charge in [0, 0.05) is 11.8 Å². The molecule has 9 heteroatoms. The molecule has 5 rings (SSSR count). The molecule has 8 nitrogen and oxygen atoms in total. The second-order valence-corrected chi connectivity index (χ2v) is 7.18. The molecule has 140 valence electrons. The summed E-state index contributed by atoms with van der Waals surface area (Å²) in [6.07, 6.45) is 0. The highest BCUT2D eigenvalue weighted by atomic mass is 32.2. The number of hydrogen-bond acceptors (Lipinski definition) is 7. The number of aromatic nitrogens is 4. The van der Waals surface area contributed by atoms with E-state index >= 15 is 0 Å². The first-order chi connectivity index (χ1) is 13.7. The van der Waals surface area contributed by atoms with Gasteiger partial charge in [0.2, 0.25) is 12.7 Å². The number of thioether (sulfide) groups is 1. The second-order valence-electron chi connectivity index (χ2n) is 6.22. The first kappa shape index (κ1) is 16.8. The van der Waals surface area contributed by atoms with Gasteiger partial charge in [-0.3, -0.25) is 9.20 Å². The summed E-state index contributed by atoms with van der Waals surface area (Å²) in [5, 5.41) is 11.9. The molecule has 0 saturated heterocycles. The number of carbonyl (C=O) groups is 1. The van der Waals surface area contributed by atoms with Gasteiger partial charge in [-0.25, -0.2) is 4.98 Å². The molecule has 0 radical (unpaired) electrons. The Labute approximate surface area is 163 Å². The van der Waals surface area contributed by atoms with Crippen LogP contribution in [0.2, 0.25) is 0 Å². The van der Waals surface area contributed by atoms with E-state index in [0.29, 0.717) is 27.9 Å². The van der Waals surface area contributed by atoms with Gasteiger partial charge in [0.25, 0.3) is 0 Å². The number of anilines is 1. The fourth-order valence-corrected chi connectivity index (χ4v) is 3.86. The third-order valence-corrected chi connectivity index (χ3v) is 5.31. The first-order valence-corrected chi connectivity index (χ1v) is 9.60. The molecule has 2 aromatic carbocycles. The Hall–Kier alpha value is -3.33. The van der Waals surface area contributed by atoms with Crippen molar-refractivity contribution < 1.29 is 14.3 Å². The van der Waals surface area contributed by atoms with Crippen LogP contribution in [0.4, 0.5) is 5.69 Å². The average Bonchev–Trinajstić information content (AvgIpc) is 3.33. The number of amides is 1. The van der Waals surface area contributed by atoms with Crippen molar-refractivity contribution in [1.82, 2.24) is 19.6 Å². The number of para-hydroxylation sites is 2. The van der Waals surface area contributed by atoms with Gasteiger partial charge in [0.15, 0.2) is 17.1 Å². The summed E-state index contributed by atoms with van der Waals surface area (Å²) in [6.45, 7) is 2.09.